The molecule has 0 radical (unpaired) electrons. The molecule has 2 aromatic carbocycles. The van der Waals surface area contributed by atoms with E-state index in [0.717, 1.165) is 0 Å². The van der Waals surface area contributed by atoms with Gasteiger partial charge in [-0.15, -0.1) is 0 Å². The normalized spacial score (nSPS) is 13.4. The molecule has 25 heavy (non-hydrogen) atoms. The summed E-state index contributed by atoms with van der Waals surface area (Å²) in [5.41, 5.74) is 6.39. The first-order valence-corrected chi connectivity index (χ1v) is 9.04. The standard InChI is InChI=1S/2C9H11.2C3H5.Zr/c2*1-2-5-9-7-3-6-8(9)4-1;2*1-3-2;/h2*3,6-7H,1-2,4-5H2;2*3H,1-2H2;/q4*-1;+4. The van der Waals surface area contributed by atoms with Crippen LogP contribution >= 0.6 is 0 Å². The molecular weight excluding hydrogens is 379 g/mol. The zero-order chi connectivity index (χ0) is 17.6. The minimum atomic E-state index is 0. The van der Waals surface area contributed by atoms with Crippen molar-refractivity contribution in [3.05, 3.63) is 97.8 Å². The van der Waals surface area contributed by atoms with Gasteiger partial charge in [0.1, 0.15) is 0 Å². The van der Waals surface area contributed by atoms with Crippen molar-refractivity contribution < 1.29 is 26.2 Å². The first-order chi connectivity index (χ1) is 11.8. The molecule has 2 aromatic rings. The third-order valence-electron chi connectivity index (χ3n) is 4.30. The summed E-state index contributed by atoms with van der Waals surface area (Å²) in [5.74, 6) is 0. The summed E-state index contributed by atoms with van der Waals surface area (Å²) < 4.78 is 0. The van der Waals surface area contributed by atoms with E-state index in [-0.39, 0.29) is 26.2 Å². The topological polar surface area (TPSA) is 0 Å². The Bertz CT molecular complexity index is 477. The fourth-order valence-corrected chi connectivity index (χ4v) is 3.23. The van der Waals surface area contributed by atoms with Gasteiger partial charge < -0.3 is 0 Å². The van der Waals surface area contributed by atoms with Crippen molar-refractivity contribution in [3.8, 4) is 0 Å². The van der Waals surface area contributed by atoms with Gasteiger partial charge in [0.2, 0.25) is 0 Å². The zero-order valence-electron chi connectivity index (χ0n) is 15.6. The van der Waals surface area contributed by atoms with Crippen LogP contribution in [0.5, 0.6) is 0 Å². The van der Waals surface area contributed by atoms with E-state index < -0.39 is 0 Å². The van der Waals surface area contributed by atoms with Crippen LogP contribution < -0.4 is 0 Å². The number of aryl methyl sites for hydroxylation is 4. The van der Waals surface area contributed by atoms with Crippen LogP contribution in [0.3, 0.4) is 0 Å². The molecule has 0 saturated carbocycles. The first kappa shape index (κ1) is 23.8. The van der Waals surface area contributed by atoms with Gasteiger partial charge in [0, 0.05) is 0 Å². The molecule has 132 valence electrons. The molecule has 2 aliphatic rings. The van der Waals surface area contributed by atoms with Gasteiger partial charge >= 0.3 is 26.2 Å². The Morgan fingerprint density at radius 2 is 1.04 bits per heavy atom. The summed E-state index contributed by atoms with van der Waals surface area (Å²) in [6.07, 6.45) is 13.9. The average Bonchev–Trinajstić information content (AvgIpc) is 3.26. The minimum absolute atomic E-state index is 0. The maximum Gasteiger partial charge on any atom is 4.00 e. The molecule has 0 saturated heterocycles. The average molecular weight is 412 g/mol. The Morgan fingerprint density at radius 3 is 1.36 bits per heavy atom. The second kappa shape index (κ2) is 15.1. The van der Waals surface area contributed by atoms with E-state index in [1.165, 1.54) is 63.5 Å². The Balaban J connectivity index is 0.000000344. The number of hydrogen-bond acceptors (Lipinski definition) is 0. The molecule has 0 unspecified atom stereocenters. The molecule has 0 aromatic heterocycles. The molecule has 0 aliphatic heterocycles. The fourth-order valence-electron chi connectivity index (χ4n) is 3.23. The zero-order valence-corrected chi connectivity index (χ0v) is 18.1. The van der Waals surface area contributed by atoms with Crippen molar-refractivity contribution in [1.82, 2.24) is 0 Å². The number of rotatable bonds is 0. The Morgan fingerprint density at radius 1 is 0.720 bits per heavy atom. The van der Waals surface area contributed by atoms with Crippen LogP contribution in [0.15, 0.2) is 61.7 Å². The third kappa shape index (κ3) is 9.17. The molecule has 0 fully saturated rings. The number of allylic oxidation sites excluding steroid dienone is 2. The van der Waals surface area contributed by atoms with Gasteiger partial charge in [-0.2, -0.15) is 46.5 Å². The molecule has 0 amide bonds. The number of hydrogen-bond donors (Lipinski definition) is 0. The smallest absolute Gasteiger partial charge is 0.245 e. The predicted octanol–water partition coefficient (Wildman–Crippen LogP) is 6.58. The molecular formula is C24H32Zr. The van der Waals surface area contributed by atoms with Crippen molar-refractivity contribution >= 4 is 0 Å². The van der Waals surface area contributed by atoms with Gasteiger partial charge in [0.05, 0.1) is 0 Å². The molecule has 0 N–H and O–H groups in total. The molecule has 1 heteroatoms. The monoisotopic (exact) mass is 410 g/mol. The Kier molecular flexibility index (Phi) is 14.4. The minimum Gasteiger partial charge on any atom is -0.245 e. The van der Waals surface area contributed by atoms with Gasteiger partial charge in [-0.3, -0.25) is 0 Å². The third-order valence-corrected chi connectivity index (χ3v) is 4.30. The van der Waals surface area contributed by atoms with Gasteiger partial charge in [-0.05, 0) is 0 Å². The van der Waals surface area contributed by atoms with Gasteiger partial charge in [0.25, 0.3) is 0 Å². The Labute approximate surface area is 174 Å². The van der Waals surface area contributed by atoms with Crippen LogP contribution in [0.1, 0.15) is 47.9 Å². The van der Waals surface area contributed by atoms with Crippen molar-refractivity contribution in [3.63, 3.8) is 0 Å². The van der Waals surface area contributed by atoms with E-state index in [1.54, 1.807) is 22.3 Å². The predicted molar refractivity (Wildman–Crippen MR) is 108 cm³/mol. The van der Waals surface area contributed by atoms with Crippen molar-refractivity contribution in [2.24, 2.45) is 0 Å². The number of fused-ring (bicyclic) bond motifs is 2. The SMILES string of the molecule is C=C[CH2-].C=C[CH2-].[Zr+4].c1cc2c([cH-]1)CCCC2.c1cc2c([cH-]1)CCCC2. The van der Waals surface area contributed by atoms with Gasteiger partial charge in [-0.1, -0.05) is 51.4 Å². The van der Waals surface area contributed by atoms with Crippen molar-refractivity contribution in [2.75, 3.05) is 0 Å². The van der Waals surface area contributed by atoms with Crippen molar-refractivity contribution in [1.29, 1.82) is 0 Å². The molecule has 0 atom stereocenters. The largest absolute Gasteiger partial charge is 4.00 e. The van der Waals surface area contributed by atoms with E-state index in [9.17, 15) is 0 Å². The summed E-state index contributed by atoms with van der Waals surface area (Å²) in [6, 6.07) is 13.4. The quantitative estimate of drug-likeness (QED) is 0.430. The van der Waals surface area contributed by atoms with Crippen LogP contribution in [0.2, 0.25) is 0 Å². The van der Waals surface area contributed by atoms with E-state index in [0.29, 0.717) is 0 Å². The maximum atomic E-state index is 3.25. The fraction of sp³-hybridized carbons (Fsp3) is 0.333. The molecule has 0 heterocycles. The molecule has 0 spiro atoms. The molecule has 0 bridgehead atoms. The summed E-state index contributed by atoms with van der Waals surface area (Å²) in [4.78, 5) is 0. The maximum absolute atomic E-state index is 3.25. The summed E-state index contributed by atoms with van der Waals surface area (Å²) in [6.45, 7) is 13.0. The molecule has 2 aliphatic carbocycles. The van der Waals surface area contributed by atoms with E-state index in [1.807, 2.05) is 0 Å². The van der Waals surface area contributed by atoms with E-state index in [4.69, 9.17) is 0 Å². The van der Waals surface area contributed by atoms with Crippen LogP contribution in [-0.2, 0) is 51.9 Å². The second-order valence-electron chi connectivity index (χ2n) is 6.14. The van der Waals surface area contributed by atoms with Crippen LogP contribution in [-0.4, -0.2) is 0 Å². The molecule has 4 rings (SSSR count). The van der Waals surface area contributed by atoms with Gasteiger partial charge in [-0.25, -0.2) is 51.3 Å². The van der Waals surface area contributed by atoms with E-state index in [2.05, 4.69) is 63.4 Å². The summed E-state index contributed by atoms with van der Waals surface area (Å²) in [7, 11) is 0. The summed E-state index contributed by atoms with van der Waals surface area (Å²) in [5, 5.41) is 0. The van der Waals surface area contributed by atoms with Crippen LogP contribution in [0, 0.1) is 13.8 Å². The van der Waals surface area contributed by atoms with Crippen LogP contribution in [0.4, 0.5) is 0 Å². The molecule has 0 nitrogen and oxygen atoms in total. The van der Waals surface area contributed by atoms with Crippen molar-refractivity contribution in [2.45, 2.75) is 51.4 Å². The van der Waals surface area contributed by atoms with Crippen LogP contribution in [0.25, 0.3) is 0 Å². The van der Waals surface area contributed by atoms with Gasteiger partial charge in [0.15, 0.2) is 0 Å². The van der Waals surface area contributed by atoms with E-state index >= 15 is 0 Å². The first-order valence-electron chi connectivity index (χ1n) is 9.04. The Hall–Kier alpha value is -1.20. The summed E-state index contributed by atoms with van der Waals surface area (Å²) >= 11 is 0. The second-order valence-corrected chi connectivity index (χ2v) is 6.14.